The van der Waals surface area contributed by atoms with Gasteiger partial charge in [-0.15, -0.1) is 0 Å². The van der Waals surface area contributed by atoms with Crippen molar-refractivity contribution in [2.24, 2.45) is 23.7 Å². The Bertz CT molecular complexity index is 2060. The highest BCUT2D eigenvalue weighted by molar-refractivity contribution is 6.66. The summed E-state index contributed by atoms with van der Waals surface area (Å²) >= 11 is 0. The fourth-order valence-electron chi connectivity index (χ4n) is 10.9. The van der Waals surface area contributed by atoms with E-state index in [9.17, 15) is 10.0 Å². The third-order valence-corrected chi connectivity index (χ3v) is 12.1. The van der Waals surface area contributed by atoms with Gasteiger partial charge in [-0.05, 0) is 133 Å². The lowest BCUT2D eigenvalue weighted by Gasteiger charge is -2.61. The van der Waals surface area contributed by atoms with Crippen molar-refractivity contribution in [3.8, 4) is 22.3 Å². The fourth-order valence-corrected chi connectivity index (χ4v) is 10.9. The van der Waals surface area contributed by atoms with Crippen LogP contribution in [0.2, 0.25) is 0 Å². The number of fused-ring (bicyclic) bond motifs is 7. The van der Waals surface area contributed by atoms with Crippen LogP contribution in [0, 0.1) is 23.7 Å². The van der Waals surface area contributed by atoms with Gasteiger partial charge in [0.15, 0.2) is 0 Å². The number of hydrogen-bond acceptors (Lipinski definition) is 2. The Labute approximate surface area is 252 Å². The van der Waals surface area contributed by atoms with Crippen molar-refractivity contribution < 1.29 is 10.0 Å². The highest BCUT2D eigenvalue weighted by atomic mass is 16.4. The van der Waals surface area contributed by atoms with Crippen LogP contribution in [0.25, 0.3) is 54.6 Å². The lowest BCUT2D eigenvalue weighted by atomic mass is 9.43. The van der Waals surface area contributed by atoms with Gasteiger partial charge >= 0.3 is 7.12 Å². The third kappa shape index (κ3) is 3.07. The molecule has 0 unspecified atom stereocenters. The third-order valence-electron chi connectivity index (χ3n) is 12.1. The van der Waals surface area contributed by atoms with Gasteiger partial charge in [-0.25, -0.2) is 0 Å². The van der Waals surface area contributed by atoms with Gasteiger partial charge < -0.3 is 10.0 Å². The van der Waals surface area contributed by atoms with Gasteiger partial charge in [0.2, 0.25) is 0 Å². The van der Waals surface area contributed by atoms with Crippen LogP contribution in [0.5, 0.6) is 0 Å². The first-order valence-corrected chi connectivity index (χ1v) is 16.1. The minimum atomic E-state index is -1.54. The zero-order valence-electron chi connectivity index (χ0n) is 24.1. The predicted molar refractivity (Wildman–Crippen MR) is 177 cm³/mol. The standard InChI is InChI=1S/C40H33BO2/c42-41(43)39-32-11-5-3-9-30(32)37(31-10-4-6-12-33(31)39)26-14-15-35-34(22-26)38-29-8-2-1-7-25(29)13-16-36(38)40(35)27-18-23-17-24(20-27)21-28(40)19-23/h1-16,22-24,27-28,42-43H,17-21H2. The Morgan fingerprint density at radius 3 is 1.72 bits per heavy atom. The summed E-state index contributed by atoms with van der Waals surface area (Å²) in [4.78, 5) is 0. The number of rotatable bonds is 2. The second kappa shape index (κ2) is 8.59. The summed E-state index contributed by atoms with van der Waals surface area (Å²) < 4.78 is 0. The van der Waals surface area contributed by atoms with Crippen molar-refractivity contribution in [3.63, 3.8) is 0 Å². The Morgan fingerprint density at radius 1 is 0.535 bits per heavy atom. The van der Waals surface area contributed by atoms with E-state index in [1.807, 2.05) is 24.3 Å². The fraction of sp³-hybridized carbons (Fsp3) is 0.250. The molecule has 43 heavy (non-hydrogen) atoms. The zero-order valence-corrected chi connectivity index (χ0v) is 24.1. The van der Waals surface area contributed by atoms with Gasteiger partial charge in [0, 0.05) is 5.41 Å². The monoisotopic (exact) mass is 556 g/mol. The minimum absolute atomic E-state index is 0.121. The lowest BCUT2D eigenvalue weighted by molar-refractivity contribution is -0.0399. The van der Waals surface area contributed by atoms with Gasteiger partial charge in [-0.2, -0.15) is 0 Å². The first kappa shape index (κ1) is 24.5. The SMILES string of the molecule is OB(O)c1c2ccccc2c(-c2ccc3c(c2)-c2c(ccc4ccccc24)C32C3CC4CC(C3)CC2C4)c2ccccc12. The Balaban J connectivity index is 1.30. The molecule has 4 bridgehead atoms. The maximum absolute atomic E-state index is 10.5. The summed E-state index contributed by atoms with van der Waals surface area (Å²) in [5.74, 6) is 3.28. The molecule has 2 N–H and O–H groups in total. The summed E-state index contributed by atoms with van der Waals surface area (Å²) in [6.45, 7) is 0. The van der Waals surface area contributed by atoms with Crippen LogP contribution in [-0.2, 0) is 5.41 Å². The molecule has 2 nitrogen and oxygen atoms in total. The lowest BCUT2D eigenvalue weighted by Crippen LogP contribution is -2.55. The molecular weight excluding hydrogens is 523 g/mol. The van der Waals surface area contributed by atoms with E-state index in [1.165, 1.54) is 65.1 Å². The Kier molecular flexibility index (Phi) is 4.90. The highest BCUT2D eigenvalue weighted by Gasteiger charge is 2.61. The van der Waals surface area contributed by atoms with Gasteiger partial charge in [0.1, 0.15) is 0 Å². The molecule has 4 fully saturated rings. The molecule has 5 aliphatic rings. The largest absolute Gasteiger partial charge is 0.489 e. The second-order valence-electron chi connectivity index (χ2n) is 13.9. The van der Waals surface area contributed by atoms with Crippen molar-refractivity contribution >= 4 is 44.9 Å². The first-order valence-electron chi connectivity index (χ1n) is 16.1. The average Bonchev–Trinajstić information content (AvgIpc) is 3.32. The van der Waals surface area contributed by atoms with E-state index in [2.05, 4.69) is 78.9 Å². The van der Waals surface area contributed by atoms with Crippen LogP contribution < -0.4 is 5.46 Å². The number of benzene rings is 6. The van der Waals surface area contributed by atoms with Crippen LogP contribution in [0.3, 0.4) is 0 Å². The van der Waals surface area contributed by atoms with Crippen molar-refractivity contribution in [3.05, 3.63) is 114 Å². The van der Waals surface area contributed by atoms with Gasteiger partial charge in [0.05, 0.1) is 0 Å². The molecule has 11 rings (SSSR count). The molecule has 6 aromatic carbocycles. The second-order valence-corrected chi connectivity index (χ2v) is 13.9. The predicted octanol–water partition coefficient (Wildman–Crippen LogP) is 8.22. The molecule has 0 saturated heterocycles. The van der Waals surface area contributed by atoms with E-state index in [0.717, 1.165) is 45.2 Å². The molecule has 1 spiro atoms. The molecule has 6 aromatic rings. The van der Waals surface area contributed by atoms with Crippen LogP contribution >= 0.6 is 0 Å². The van der Waals surface area contributed by atoms with Crippen molar-refractivity contribution in [1.29, 1.82) is 0 Å². The molecule has 0 atom stereocenters. The normalized spacial score (nSPS) is 26.5. The van der Waals surface area contributed by atoms with E-state index in [-0.39, 0.29) is 5.41 Å². The molecule has 208 valence electrons. The van der Waals surface area contributed by atoms with Gasteiger partial charge in [0.25, 0.3) is 0 Å². The van der Waals surface area contributed by atoms with Crippen LogP contribution in [0.15, 0.2) is 103 Å². The molecule has 5 aliphatic carbocycles. The Hall–Kier alpha value is -3.92. The summed E-state index contributed by atoms with van der Waals surface area (Å²) in [5.41, 5.74) is 9.09. The van der Waals surface area contributed by atoms with E-state index in [4.69, 9.17) is 0 Å². The van der Waals surface area contributed by atoms with Crippen molar-refractivity contribution in [2.75, 3.05) is 0 Å². The molecule has 0 heterocycles. The molecule has 0 amide bonds. The van der Waals surface area contributed by atoms with E-state index in [1.54, 1.807) is 11.1 Å². The van der Waals surface area contributed by atoms with Gasteiger partial charge in [-0.3, -0.25) is 0 Å². The molecular formula is C40H33BO2. The maximum atomic E-state index is 10.5. The summed E-state index contributed by atoms with van der Waals surface area (Å²) in [7, 11) is -1.54. The van der Waals surface area contributed by atoms with Gasteiger partial charge in [-0.1, -0.05) is 97.1 Å². The van der Waals surface area contributed by atoms with Crippen LogP contribution in [0.1, 0.15) is 43.2 Å². The van der Waals surface area contributed by atoms with E-state index >= 15 is 0 Å². The minimum Gasteiger partial charge on any atom is -0.423 e. The summed E-state index contributed by atoms with van der Waals surface area (Å²) in [6, 6.07) is 37.7. The van der Waals surface area contributed by atoms with Crippen molar-refractivity contribution in [2.45, 2.75) is 37.5 Å². The zero-order chi connectivity index (χ0) is 28.4. The average molecular weight is 557 g/mol. The topological polar surface area (TPSA) is 40.5 Å². The van der Waals surface area contributed by atoms with E-state index in [0.29, 0.717) is 5.46 Å². The maximum Gasteiger partial charge on any atom is 0.489 e. The quantitative estimate of drug-likeness (QED) is 0.167. The molecule has 3 heteroatoms. The summed E-state index contributed by atoms with van der Waals surface area (Å²) in [6.07, 6.45) is 6.96. The molecule has 0 aliphatic heterocycles. The molecule has 0 aromatic heterocycles. The van der Waals surface area contributed by atoms with Crippen LogP contribution in [0.4, 0.5) is 0 Å². The van der Waals surface area contributed by atoms with Crippen LogP contribution in [-0.4, -0.2) is 17.2 Å². The summed E-state index contributed by atoms with van der Waals surface area (Å²) in [5, 5.41) is 27.6. The molecule has 0 radical (unpaired) electrons. The smallest absolute Gasteiger partial charge is 0.423 e. The first-order chi connectivity index (χ1) is 21.1. The Morgan fingerprint density at radius 2 is 1.09 bits per heavy atom. The highest BCUT2D eigenvalue weighted by Crippen LogP contribution is 2.70. The van der Waals surface area contributed by atoms with Crippen molar-refractivity contribution in [1.82, 2.24) is 0 Å². The number of hydrogen-bond donors (Lipinski definition) is 2. The molecule has 4 saturated carbocycles. The van der Waals surface area contributed by atoms with E-state index < -0.39 is 7.12 Å².